The summed E-state index contributed by atoms with van der Waals surface area (Å²) in [6.07, 6.45) is 1.30. The van der Waals surface area contributed by atoms with Crippen LogP contribution in [0.5, 0.6) is 0 Å². The SMILES string of the molecule is CC(OC(=O)c1cn(Cc2ccccc2)nn1)C(=O)NCCc1ccccc1. The summed E-state index contributed by atoms with van der Waals surface area (Å²) in [5.74, 6) is -1.02. The van der Waals surface area contributed by atoms with Crippen LogP contribution in [0.15, 0.2) is 66.9 Å². The molecule has 0 saturated carbocycles. The van der Waals surface area contributed by atoms with Crippen LogP contribution in [0.25, 0.3) is 0 Å². The number of aromatic nitrogens is 3. The van der Waals surface area contributed by atoms with E-state index in [0.717, 1.165) is 11.1 Å². The first-order chi connectivity index (χ1) is 13.6. The van der Waals surface area contributed by atoms with E-state index in [1.807, 2.05) is 60.7 Å². The van der Waals surface area contributed by atoms with Gasteiger partial charge in [-0.15, -0.1) is 5.10 Å². The molecule has 0 saturated heterocycles. The van der Waals surface area contributed by atoms with E-state index in [9.17, 15) is 9.59 Å². The first kappa shape index (κ1) is 19.3. The van der Waals surface area contributed by atoms with Gasteiger partial charge in [-0.2, -0.15) is 0 Å². The molecule has 1 amide bonds. The Hall–Kier alpha value is -3.48. The van der Waals surface area contributed by atoms with Gasteiger partial charge in [0.25, 0.3) is 5.91 Å². The number of nitrogens with one attached hydrogen (secondary N) is 1. The summed E-state index contributed by atoms with van der Waals surface area (Å²) in [6, 6.07) is 19.5. The highest BCUT2D eigenvalue weighted by Crippen LogP contribution is 2.05. The van der Waals surface area contributed by atoms with Crippen molar-refractivity contribution in [3.8, 4) is 0 Å². The number of hydrogen-bond acceptors (Lipinski definition) is 5. The maximum Gasteiger partial charge on any atom is 0.361 e. The fourth-order valence-corrected chi connectivity index (χ4v) is 2.63. The zero-order valence-corrected chi connectivity index (χ0v) is 15.6. The van der Waals surface area contributed by atoms with Gasteiger partial charge >= 0.3 is 5.97 Å². The minimum absolute atomic E-state index is 0.0693. The van der Waals surface area contributed by atoms with E-state index in [2.05, 4.69) is 15.6 Å². The Morgan fingerprint density at radius 3 is 2.36 bits per heavy atom. The molecule has 1 atom stereocenters. The Labute approximate surface area is 163 Å². The predicted octanol–water partition coefficient (Wildman–Crippen LogP) is 2.23. The van der Waals surface area contributed by atoms with Crippen LogP contribution in [0.3, 0.4) is 0 Å². The quantitative estimate of drug-likeness (QED) is 0.608. The van der Waals surface area contributed by atoms with Crippen LogP contribution >= 0.6 is 0 Å². The van der Waals surface area contributed by atoms with Gasteiger partial charge in [0.15, 0.2) is 11.8 Å². The summed E-state index contributed by atoms with van der Waals surface area (Å²) >= 11 is 0. The highest BCUT2D eigenvalue weighted by atomic mass is 16.5. The molecule has 1 N–H and O–H groups in total. The summed E-state index contributed by atoms with van der Waals surface area (Å²) in [5.41, 5.74) is 2.24. The van der Waals surface area contributed by atoms with Crippen LogP contribution in [0.4, 0.5) is 0 Å². The van der Waals surface area contributed by atoms with E-state index in [4.69, 9.17) is 4.74 Å². The maximum atomic E-state index is 12.2. The van der Waals surface area contributed by atoms with Crippen LogP contribution in [-0.4, -0.2) is 39.5 Å². The third-order valence-corrected chi connectivity index (χ3v) is 4.14. The maximum absolute atomic E-state index is 12.2. The second-order valence-electron chi connectivity index (χ2n) is 6.36. The van der Waals surface area contributed by atoms with Crippen LogP contribution < -0.4 is 5.32 Å². The van der Waals surface area contributed by atoms with Crippen molar-refractivity contribution in [3.05, 3.63) is 83.7 Å². The number of hydrogen-bond donors (Lipinski definition) is 1. The van der Waals surface area contributed by atoms with Gasteiger partial charge in [0.1, 0.15) is 0 Å². The van der Waals surface area contributed by atoms with Crippen molar-refractivity contribution in [2.45, 2.75) is 26.0 Å². The van der Waals surface area contributed by atoms with E-state index in [-0.39, 0.29) is 11.6 Å². The first-order valence-electron chi connectivity index (χ1n) is 9.08. The fraction of sp³-hybridized carbons (Fsp3) is 0.238. The molecule has 28 heavy (non-hydrogen) atoms. The molecule has 1 heterocycles. The van der Waals surface area contributed by atoms with Gasteiger partial charge in [-0.25, -0.2) is 9.48 Å². The van der Waals surface area contributed by atoms with E-state index in [1.54, 1.807) is 4.68 Å². The van der Waals surface area contributed by atoms with Gasteiger partial charge < -0.3 is 10.1 Å². The topological polar surface area (TPSA) is 86.1 Å². The lowest BCUT2D eigenvalue weighted by molar-refractivity contribution is -0.129. The molecule has 0 aliphatic carbocycles. The fourth-order valence-electron chi connectivity index (χ4n) is 2.63. The number of amides is 1. The van der Waals surface area contributed by atoms with Gasteiger partial charge in [0, 0.05) is 6.54 Å². The minimum Gasteiger partial charge on any atom is -0.448 e. The smallest absolute Gasteiger partial charge is 0.361 e. The Morgan fingerprint density at radius 2 is 1.68 bits per heavy atom. The normalized spacial score (nSPS) is 11.6. The highest BCUT2D eigenvalue weighted by molar-refractivity contribution is 5.90. The van der Waals surface area contributed by atoms with Crippen molar-refractivity contribution in [1.29, 1.82) is 0 Å². The lowest BCUT2D eigenvalue weighted by atomic mass is 10.1. The van der Waals surface area contributed by atoms with Gasteiger partial charge in [-0.05, 0) is 24.5 Å². The number of nitrogens with zero attached hydrogens (tertiary/aromatic N) is 3. The van der Waals surface area contributed by atoms with Crippen LogP contribution in [0, 0.1) is 0 Å². The average molecular weight is 378 g/mol. The molecular formula is C21H22N4O3. The standard InChI is InChI=1S/C21H22N4O3/c1-16(20(26)22-13-12-17-8-4-2-5-9-17)28-21(27)19-15-25(24-23-19)14-18-10-6-3-7-11-18/h2-11,15-16H,12-14H2,1H3,(H,22,26). The minimum atomic E-state index is -0.914. The molecule has 0 aliphatic heterocycles. The number of ether oxygens (including phenoxy) is 1. The van der Waals surface area contributed by atoms with Crippen molar-refractivity contribution in [1.82, 2.24) is 20.3 Å². The molecule has 2 aromatic carbocycles. The van der Waals surface area contributed by atoms with Crippen molar-refractivity contribution in [3.63, 3.8) is 0 Å². The van der Waals surface area contributed by atoms with Crippen LogP contribution in [-0.2, 0) is 22.5 Å². The molecule has 0 radical (unpaired) electrons. The van der Waals surface area contributed by atoms with Gasteiger partial charge in [0.2, 0.25) is 0 Å². The van der Waals surface area contributed by atoms with E-state index in [0.29, 0.717) is 19.5 Å². The van der Waals surface area contributed by atoms with Crippen molar-refractivity contribution < 1.29 is 14.3 Å². The van der Waals surface area contributed by atoms with Gasteiger partial charge in [-0.3, -0.25) is 4.79 Å². The van der Waals surface area contributed by atoms with Crippen molar-refractivity contribution >= 4 is 11.9 Å². The monoisotopic (exact) mass is 378 g/mol. The molecule has 0 bridgehead atoms. The molecule has 1 unspecified atom stereocenters. The molecule has 7 heteroatoms. The number of esters is 1. The van der Waals surface area contributed by atoms with Gasteiger partial charge in [-0.1, -0.05) is 65.9 Å². The zero-order chi connectivity index (χ0) is 19.8. The van der Waals surface area contributed by atoms with E-state index in [1.165, 1.54) is 13.1 Å². The molecule has 1 aromatic heterocycles. The summed E-state index contributed by atoms with van der Waals surface area (Å²) in [7, 11) is 0. The Bertz CT molecular complexity index is 910. The van der Waals surface area contributed by atoms with Crippen molar-refractivity contribution in [2.24, 2.45) is 0 Å². The predicted molar refractivity (Wildman–Crippen MR) is 104 cm³/mol. The molecular weight excluding hydrogens is 356 g/mol. The lowest BCUT2D eigenvalue weighted by Gasteiger charge is -2.12. The molecule has 144 valence electrons. The molecule has 3 aromatic rings. The Morgan fingerprint density at radius 1 is 1.04 bits per heavy atom. The van der Waals surface area contributed by atoms with Crippen LogP contribution in [0.1, 0.15) is 28.5 Å². The molecule has 7 nitrogen and oxygen atoms in total. The lowest BCUT2D eigenvalue weighted by Crippen LogP contribution is -2.37. The van der Waals surface area contributed by atoms with E-state index < -0.39 is 12.1 Å². The Balaban J connectivity index is 1.46. The number of rotatable bonds is 8. The molecule has 3 rings (SSSR count). The largest absolute Gasteiger partial charge is 0.448 e. The van der Waals surface area contributed by atoms with Gasteiger partial charge in [0.05, 0.1) is 12.7 Å². The Kier molecular flexibility index (Phi) is 6.51. The summed E-state index contributed by atoms with van der Waals surface area (Å²) in [4.78, 5) is 24.3. The number of benzene rings is 2. The van der Waals surface area contributed by atoms with Crippen LogP contribution in [0.2, 0.25) is 0 Å². The number of carbonyl (C=O) groups excluding carboxylic acids is 2. The average Bonchev–Trinajstić information content (AvgIpc) is 3.18. The third kappa shape index (κ3) is 5.51. The molecule has 0 spiro atoms. The molecule has 0 fully saturated rings. The summed E-state index contributed by atoms with van der Waals surface area (Å²) in [5, 5.41) is 10.5. The second-order valence-corrected chi connectivity index (χ2v) is 6.36. The molecule has 0 aliphatic rings. The third-order valence-electron chi connectivity index (χ3n) is 4.14. The second kappa shape index (κ2) is 9.45. The zero-order valence-electron chi connectivity index (χ0n) is 15.6. The summed E-state index contributed by atoms with van der Waals surface area (Å²) in [6.45, 7) is 2.50. The van der Waals surface area contributed by atoms with E-state index >= 15 is 0 Å². The van der Waals surface area contributed by atoms with Crippen molar-refractivity contribution in [2.75, 3.05) is 6.54 Å². The highest BCUT2D eigenvalue weighted by Gasteiger charge is 2.20. The summed E-state index contributed by atoms with van der Waals surface area (Å²) < 4.78 is 6.75. The number of carbonyl (C=O) groups is 2. The first-order valence-corrected chi connectivity index (χ1v) is 9.08.